The number of para-hydroxylation sites is 1. The van der Waals surface area contributed by atoms with Crippen molar-refractivity contribution in [1.82, 2.24) is 10.2 Å². The van der Waals surface area contributed by atoms with Crippen molar-refractivity contribution in [2.75, 3.05) is 27.7 Å². The van der Waals surface area contributed by atoms with Gasteiger partial charge in [-0.3, -0.25) is 9.59 Å². The number of carbonyl (C=O) groups is 2. The second-order valence-electron chi connectivity index (χ2n) is 7.60. The molecule has 5 nitrogen and oxygen atoms in total. The van der Waals surface area contributed by atoms with Crippen molar-refractivity contribution >= 4 is 11.7 Å². The Labute approximate surface area is 174 Å². The van der Waals surface area contributed by atoms with Gasteiger partial charge in [-0.1, -0.05) is 19.1 Å². The molecular weight excluding hydrogens is 364 g/mol. The van der Waals surface area contributed by atoms with Gasteiger partial charge in [0.1, 0.15) is 5.75 Å². The number of ether oxygens (including phenoxy) is 1. The zero-order valence-corrected chi connectivity index (χ0v) is 18.3. The van der Waals surface area contributed by atoms with E-state index in [0.29, 0.717) is 24.3 Å². The van der Waals surface area contributed by atoms with E-state index in [-0.39, 0.29) is 17.7 Å². The number of hydrogen-bond donors (Lipinski definition) is 1. The summed E-state index contributed by atoms with van der Waals surface area (Å²) in [7, 11) is 5.59. The summed E-state index contributed by atoms with van der Waals surface area (Å²) in [6.45, 7) is 6.50. The first-order valence-electron chi connectivity index (χ1n) is 9.99. The van der Waals surface area contributed by atoms with Gasteiger partial charge < -0.3 is 15.0 Å². The molecule has 0 fully saturated rings. The highest BCUT2D eigenvalue weighted by atomic mass is 16.5. The minimum absolute atomic E-state index is 0.124. The third-order valence-corrected chi connectivity index (χ3v) is 5.36. The first-order valence-corrected chi connectivity index (χ1v) is 9.99. The lowest BCUT2D eigenvalue weighted by atomic mass is 9.92. The maximum Gasteiger partial charge on any atom is 0.255 e. The van der Waals surface area contributed by atoms with Crippen LogP contribution in [-0.2, 0) is 6.42 Å². The SMILES string of the molecule is CCC(=O)c1cc(C)c(C[C@@H](CNC(=O)c2ccccc2OC)N(C)C)c(C)c1. The molecule has 0 saturated heterocycles. The van der Waals surface area contributed by atoms with E-state index in [9.17, 15) is 9.59 Å². The molecule has 0 aliphatic rings. The lowest BCUT2D eigenvalue weighted by molar-refractivity contribution is 0.0937. The predicted molar refractivity (Wildman–Crippen MR) is 117 cm³/mol. The molecule has 0 bridgehead atoms. The van der Waals surface area contributed by atoms with Crippen LogP contribution in [0.5, 0.6) is 5.75 Å². The second-order valence-corrected chi connectivity index (χ2v) is 7.60. The van der Waals surface area contributed by atoms with Crippen molar-refractivity contribution in [3.05, 3.63) is 64.2 Å². The molecule has 0 aromatic heterocycles. The van der Waals surface area contributed by atoms with Crippen LogP contribution in [0.3, 0.4) is 0 Å². The summed E-state index contributed by atoms with van der Waals surface area (Å²) in [5.74, 6) is 0.580. The van der Waals surface area contributed by atoms with Crippen molar-refractivity contribution < 1.29 is 14.3 Å². The summed E-state index contributed by atoms with van der Waals surface area (Å²) in [5.41, 5.74) is 4.76. The Morgan fingerprint density at radius 2 is 1.72 bits per heavy atom. The smallest absolute Gasteiger partial charge is 0.255 e. The average molecular weight is 397 g/mol. The maximum atomic E-state index is 12.6. The summed E-state index contributed by atoms with van der Waals surface area (Å²) >= 11 is 0. The quantitative estimate of drug-likeness (QED) is 0.655. The number of nitrogens with zero attached hydrogens (tertiary/aromatic N) is 1. The van der Waals surface area contributed by atoms with E-state index in [1.807, 2.05) is 45.3 Å². The molecule has 0 unspecified atom stereocenters. The fourth-order valence-corrected chi connectivity index (χ4v) is 3.49. The number of benzene rings is 2. The van der Waals surface area contributed by atoms with E-state index in [1.165, 1.54) is 5.56 Å². The summed E-state index contributed by atoms with van der Waals surface area (Å²) in [6, 6.07) is 11.3. The molecule has 0 saturated carbocycles. The third-order valence-electron chi connectivity index (χ3n) is 5.36. The minimum atomic E-state index is -0.147. The number of methoxy groups -OCH3 is 1. The summed E-state index contributed by atoms with van der Waals surface area (Å²) in [6.07, 6.45) is 1.30. The number of carbonyl (C=O) groups excluding carboxylic acids is 2. The molecule has 2 aromatic carbocycles. The first kappa shape index (κ1) is 22.6. The number of aryl methyl sites for hydroxylation is 2. The highest BCUT2D eigenvalue weighted by Gasteiger charge is 2.19. The predicted octanol–water partition coefficient (Wildman–Crippen LogP) is 3.81. The van der Waals surface area contributed by atoms with Crippen LogP contribution in [0.1, 0.15) is 50.8 Å². The highest BCUT2D eigenvalue weighted by Crippen LogP contribution is 2.21. The van der Waals surface area contributed by atoms with Gasteiger partial charge in [-0.05, 0) is 75.3 Å². The molecule has 0 spiro atoms. The Morgan fingerprint density at radius 1 is 1.10 bits per heavy atom. The Bertz CT molecular complexity index is 851. The molecule has 1 amide bonds. The molecule has 0 heterocycles. The molecule has 2 aromatic rings. The molecule has 5 heteroatoms. The van der Waals surface area contributed by atoms with Crippen molar-refractivity contribution in [3.8, 4) is 5.75 Å². The zero-order valence-electron chi connectivity index (χ0n) is 18.3. The Kier molecular flexibility index (Phi) is 7.97. The van der Waals surface area contributed by atoms with Crippen LogP contribution in [0.25, 0.3) is 0 Å². The number of rotatable bonds is 9. The molecular formula is C24H32N2O3. The monoisotopic (exact) mass is 396 g/mol. The van der Waals surface area contributed by atoms with E-state index in [4.69, 9.17) is 4.74 Å². The standard InChI is InChI=1S/C24H32N2O3/c1-7-22(27)18-12-16(2)21(17(3)13-18)14-19(26(4)5)15-25-24(28)20-10-8-9-11-23(20)29-6/h8-13,19H,7,14-15H2,1-6H3,(H,25,28)/t19-/m0/s1. The normalized spacial score (nSPS) is 12.0. The molecule has 1 N–H and O–H groups in total. The van der Waals surface area contributed by atoms with Crippen LogP contribution in [-0.4, -0.2) is 50.4 Å². The Hall–Kier alpha value is -2.66. The van der Waals surface area contributed by atoms with Gasteiger partial charge in [-0.25, -0.2) is 0 Å². The van der Waals surface area contributed by atoms with E-state index in [2.05, 4.69) is 24.1 Å². The van der Waals surface area contributed by atoms with E-state index in [0.717, 1.165) is 23.1 Å². The molecule has 2 rings (SSSR count). The van der Waals surface area contributed by atoms with Gasteiger partial charge in [0.15, 0.2) is 5.78 Å². The molecule has 1 atom stereocenters. The van der Waals surface area contributed by atoms with Crippen LogP contribution in [0.4, 0.5) is 0 Å². The molecule has 156 valence electrons. The lowest BCUT2D eigenvalue weighted by Crippen LogP contribution is -2.42. The van der Waals surface area contributed by atoms with Crippen molar-refractivity contribution in [2.24, 2.45) is 0 Å². The molecule has 0 aliphatic carbocycles. The van der Waals surface area contributed by atoms with Crippen molar-refractivity contribution in [1.29, 1.82) is 0 Å². The fraction of sp³-hybridized carbons (Fsp3) is 0.417. The van der Waals surface area contributed by atoms with Crippen molar-refractivity contribution in [3.63, 3.8) is 0 Å². The summed E-state index contributed by atoms with van der Waals surface area (Å²) in [5, 5.41) is 3.04. The Morgan fingerprint density at radius 3 is 2.28 bits per heavy atom. The van der Waals surface area contributed by atoms with Gasteiger partial charge in [0, 0.05) is 24.6 Å². The largest absolute Gasteiger partial charge is 0.496 e. The highest BCUT2D eigenvalue weighted by molar-refractivity contribution is 5.97. The third kappa shape index (κ3) is 5.67. The number of Topliss-reactive ketones (excluding diaryl/α,β-unsaturated/α-hetero) is 1. The zero-order chi connectivity index (χ0) is 21.6. The van der Waals surface area contributed by atoms with Crippen LogP contribution >= 0.6 is 0 Å². The van der Waals surface area contributed by atoms with Crippen LogP contribution in [0.15, 0.2) is 36.4 Å². The number of likely N-dealkylation sites (N-methyl/N-ethyl adjacent to an activating group) is 1. The van der Waals surface area contributed by atoms with Crippen LogP contribution in [0.2, 0.25) is 0 Å². The summed E-state index contributed by atoms with van der Waals surface area (Å²) in [4.78, 5) is 26.8. The number of hydrogen-bond acceptors (Lipinski definition) is 4. The molecule has 0 aliphatic heterocycles. The topological polar surface area (TPSA) is 58.6 Å². The second kappa shape index (κ2) is 10.2. The van der Waals surface area contributed by atoms with E-state index < -0.39 is 0 Å². The number of nitrogens with one attached hydrogen (secondary N) is 1. The molecule has 0 radical (unpaired) electrons. The van der Waals surface area contributed by atoms with E-state index >= 15 is 0 Å². The van der Waals surface area contributed by atoms with E-state index in [1.54, 1.807) is 19.2 Å². The average Bonchev–Trinajstić information content (AvgIpc) is 2.71. The van der Waals surface area contributed by atoms with Gasteiger partial charge in [-0.2, -0.15) is 0 Å². The van der Waals surface area contributed by atoms with Gasteiger partial charge in [0.05, 0.1) is 12.7 Å². The van der Waals surface area contributed by atoms with Crippen molar-refractivity contribution in [2.45, 2.75) is 39.7 Å². The summed E-state index contributed by atoms with van der Waals surface area (Å²) < 4.78 is 5.29. The van der Waals surface area contributed by atoms with Gasteiger partial charge >= 0.3 is 0 Å². The fourth-order valence-electron chi connectivity index (χ4n) is 3.49. The number of ketones is 1. The van der Waals surface area contributed by atoms with Crippen LogP contribution < -0.4 is 10.1 Å². The Balaban J connectivity index is 2.15. The first-order chi connectivity index (χ1) is 13.8. The van der Waals surface area contributed by atoms with Gasteiger partial charge in [0.25, 0.3) is 5.91 Å². The van der Waals surface area contributed by atoms with Gasteiger partial charge in [-0.15, -0.1) is 0 Å². The van der Waals surface area contributed by atoms with Crippen LogP contribution in [0, 0.1) is 13.8 Å². The minimum Gasteiger partial charge on any atom is -0.496 e. The number of amides is 1. The van der Waals surface area contributed by atoms with Gasteiger partial charge in [0.2, 0.25) is 0 Å². The molecule has 29 heavy (non-hydrogen) atoms. The maximum absolute atomic E-state index is 12.6. The lowest BCUT2D eigenvalue weighted by Gasteiger charge is -2.26.